The first-order valence-corrected chi connectivity index (χ1v) is 10.0. The monoisotopic (exact) mass is 382 g/mol. The highest BCUT2D eigenvalue weighted by Crippen LogP contribution is 2.21. The Hall–Kier alpha value is -2.67. The van der Waals surface area contributed by atoms with Crippen LogP contribution in [0.5, 0.6) is 0 Å². The van der Waals surface area contributed by atoms with Gasteiger partial charge in [0, 0.05) is 26.2 Å². The van der Waals surface area contributed by atoms with E-state index in [2.05, 4.69) is 15.6 Å². The fraction of sp³-hybridized carbons (Fsp3) is 0.476. The second-order valence-electron chi connectivity index (χ2n) is 7.35. The Morgan fingerprint density at radius 2 is 1.96 bits per heavy atom. The lowest BCUT2D eigenvalue weighted by Crippen LogP contribution is -2.34. The van der Waals surface area contributed by atoms with Crippen molar-refractivity contribution in [3.05, 3.63) is 53.1 Å². The van der Waals surface area contributed by atoms with E-state index < -0.39 is 0 Å². The van der Waals surface area contributed by atoms with Gasteiger partial charge in [0.15, 0.2) is 5.82 Å². The summed E-state index contributed by atoms with van der Waals surface area (Å²) in [6.45, 7) is 2.39. The van der Waals surface area contributed by atoms with Crippen LogP contribution in [0.1, 0.15) is 58.0 Å². The molecular weight excluding hydrogens is 356 g/mol. The molecule has 2 amide bonds. The molecule has 1 aromatic carbocycles. The number of hydrogen-bond donors (Lipinski definition) is 2. The van der Waals surface area contributed by atoms with Gasteiger partial charge in [-0.3, -0.25) is 9.59 Å². The molecule has 1 fully saturated rings. The third-order valence-electron chi connectivity index (χ3n) is 5.35. The number of nitrogens with one attached hydrogen (secondary N) is 2. The van der Waals surface area contributed by atoms with E-state index in [-0.39, 0.29) is 17.9 Å². The van der Waals surface area contributed by atoms with Crippen LogP contribution in [-0.4, -0.2) is 40.6 Å². The van der Waals surface area contributed by atoms with Gasteiger partial charge in [0.05, 0.1) is 11.8 Å². The maximum Gasteiger partial charge on any atom is 0.287 e. The van der Waals surface area contributed by atoms with Gasteiger partial charge in [0.25, 0.3) is 11.8 Å². The topological polar surface area (TPSA) is 85.2 Å². The summed E-state index contributed by atoms with van der Waals surface area (Å²) >= 11 is 0. The second kappa shape index (κ2) is 8.56. The molecule has 0 spiro atoms. The van der Waals surface area contributed by atoms with E-state index in [1.165, 1.54) is 0 Å². The number of ether oxygens (including phenoxy) is 1. The molecule has 0 radical (unpaired) electrons. The van der Waals surface area contributed by atoms with Crippen molar-refractivity contribution in [2.45, 2.75) is 51.3 Å². The summed E-state index contributed by atoms with van der Waals surface area (Å²) in [5.74, 6) is -0.133. The summed E-state index contributed by atoms with van der Waals surface area (Å²) in [6, 6.07) is 9.76. The highest BCUT2D eigenvalue weighted by molar-refractivity contribution is 5.97. The summed E-state index contributed by atoms with van der Waals surface area (Å²) in [6.07, 6.45) is 4.83. The third-order valence-corrected chi connectivity index (χ3v) is 5.35. The van der Waals surface area contributed by atoms with E-state index in [0.717, 1.165) is 56.5 Å². The number of benzene rings is 1. The van der Waals surface area contributed by atoms with Crippen LogP contribution in [0.3, 0.4) is 0 Å². The Labute approximate surface area is 164 Å². The van der Waals surface area contributed by atoms with Crippen LogP contribution in [0.15, 0.2) is 30.3 Å². The largest absolute Gasteiger partial charge is 0.376 e. The molecule has 148 valence electrons. The fourth-order valence-corrected chi connectivity index (χ4v) is 3.85. The van der Waals surface area contributed by atoms with Gasteiger partial charge < -0.3 is 19.9 Å². The van der Waals surface area contributed by atoms with Crippen molar-refractivity contribution in [3.8, 4) is 0 Å². The number of rotatable bonds is 6. The molecular formula is C21H26N4O3. The minimum Gasteiger partial charge on any atom is -0.376 e. The number of nitrogens with zero attached hydrogens (tertiary/aromatic N) is 2. The first kappa shape index (κ1) is 18.7. The van der Waals surface area contributed by atoms with E-state index >= 15 is 0 Å². The predicted molar refractivity (Wildman–Crippen MR) is 104 cm³/mol. The van der Waals surface area contributed by atoms with Crippen molar-refractivity contribution in [1.29, 1.82) is 0 Å². The van der Waals surface area contributed by atoms with Crippen LogP contribution in [0.4, 0.5) is 0 Å². The summed E-state index contributed by atoms with van der Waals surface area (Å²) in [4.78, 5) is 29.9. The number of imidazole rings is 1. The smallest absolute Gasteiger partial charge is 0.287 e. The minimum atomic E-state index is -0.235. The van der Waals surface area contributed by atoms with Gasteiger partial charge >= 0.3 is 0 Å². The maximum absolute atomic E-state index is 12.8. The Morgan fingerprint density at radius 1 is 1.11 bits per heavy atom. The molecule has 0 aliphatic carbocycles. The summed E-state index contributed by atoms with van der Waals surface area (Å²) in [7, 11) is 0. The lowest BCUT2D eigenvalue weighted by molar-refractivity contribution is 0.0845. The summed E-state index contributed by atoms with van der Waals surface area (Å²) in [5.41, 5.74) is 2.26. The molecule has 2 aliphatic rings. The Balaban J connectivity index is 1.47. The van der Waals surface area contributed by atoms with Crippen molar-refractivity contribution in [1.82, 2.24) is 20.2 Å². The zero-order chi connectivity index (χ0) is 19.3. The highest BCUT2D eigenvalue weighted by atomic mass is 16.5. The molecule has 1 aromatic heterocycles. The maximum atomic E-state index is 12.8. The van der Waals surface area contributed by atoms with Gasteiger partial charge in [-0.25, -0.2) is 4.98 Å². The van der Waals surface area contributed by atoms with Gasteiger partial charge in [-0.05, 0) is 37.7 Å². The quantitative estimate of drug-likeness (QED) is 0.801. The zero-order valence-corrected chi connectivity index (χ0v) is 15.9. The lowest BCUT2D eigenvalue weighted by atomic mass is 10.1. The molecule has 7 nitrogen and oxygen atoms in total. The van der Waals surface area contributed by atoms with Gasteiger partial charge in [0.2, 0.25) is 0 Å². The Kier molecular flexibility index (Phi) is 5.71. The molecule has 1 unspecified atom stereocenters. The number of fused-ring (bicyclic) bond motifs is 1. The van der Waals surface area contributed by atoms with Gasteiger partial charge in [-0.1, -0.05) is 30.3 Å². The highest BCUT2D eigenvalue weighted by Gasteiger charge is 2.28. The number of carbonyl (C=O) groups is 2. The van der Waals surface area contributed by atoms with E-state index in [4.69, 9.17) is 4.74 Å². The number of amides is 2. The lowest BCUT2D eigenvalue weighted by Gasteiger charge is -2.17. The van der Waals surface area contributed by atoms with Crippen LogP contribution < -0.4 is 10.6 Å². The molecule has 7 heteroatoms. The van der Waals surface area contributed by atoms with E-state index in [1.807, 2.05) is 34.9 Å². The van der Waals surface area contributed by atoms with Crippen molar-refractivity contribution in [2.24, 2.45) is 0 Å². The number of carbonyl (C=O) groups excluding carboxylic acids is 2. The van der Waals surface area contributed by atoms with Crippen LogP contribution in [0.25, 0.3) is 0 Å². The van der Waals surface area contributed by atoms with Crippen LogP contribution in [-0.2, 0) is 24.2 Å². The van der Waals surface area contributed by atoms with Crippen molar-refractivity contribution >= 4 is 11.8 Å². The molecule has 4 rings (SSSR count). The average Bonchev–Trinajstić information content (AvgIpc) is 3.39. The zero-order valence-electron chi connectivity index (χ0n) is 15.9. The molecule has 0 bridgehead atoms. The normalized spacial score (nSPS) is 18.5. The van der Waals surface area contributed by atoms with Gasteiger partial charge in [0.1, 0.15) is 5.69 Å². The molecule has 2 N–H and O–H groups in total. The van der Waals surface area contributed by atoms with Crippen molar-refractivity contribution in [2.75, 3.05) is 13.2 Å². The second-order valence-corrected chi connectivity index (χ2v) is 7.35. The molecule has 3 heterocycles. The van der Waals surface area contributed by atoms with Crippen LogP contribution >= 0.6 is 0 Å². The molecule has 2 aromatic rings. The first-order chi connectivity index (χ1) is 13.7. The Bertz CT molecular complexity index is 841. The number of hydrogen-bond acceptors (Lipinski definition) is 4. The van der Waals surface area contributed by atoms with Gasteiger partial charge in [-0.15, -0.1) is 0 Å². The van der Waals surface area contributed by atoms with Crippen LogP contribution in [0, 0.1) is 0 Å². The molecule has 0 saturated carbocycles. The molecule has 28 heavy (non-hydrogen) atoms. The molecule has 1 saturated heterocycles. The first-order valence-electron chi connectivity index (χ1n) is 10.0. The van der Waals surface area contributed by atoms with E-state index in [0.29, 0.717) is 24.6 Å². The standard InChI is InChI=1S/C21H26N4O3/c26-20(22-13-15-7-2-1-3-8-15)18-17-10-4-5-11-25(17)19(24-18)21(27)23-14-16-9-6-12-28-16/h1-3,7-8,16H,4-6,9-14H2,(H,22,26)(H,23,27). The molecule has 1 atom stereocenters. The molecule has 2 aliphatic heterocycles. The summed E-state index contributed by atoms with van der Waals surface area (Å²) in [5, 5.41) is 5.85. The third kappa shape index (κ3) is 4.09. The average molecular weight is 382 g/mol. The SMILES string of the molecule is O=C(NCc1ccccc1)c1nc(C(=O)NCC2CCCO2)n2c1CCCC2. The summed E-state index contributed by atoms with van der Waals surface area (Å²) < 4.78 is 7.47. The van der Waals surface area contributed by atoms with E-state index in [1.54, 1.807) is 0 Å². The van der Waals surface area contributed by atoms with E-state index in [9.17, 15) is 9.59 Å². The van der Waals surface area contributed by atoms with Crippen molar-refractivity contribution in [3.63, 3.8) is 0 Å². The van der Waals surface area contributed by atoms with Gasteiger partial charge in [-0.2, -0.15) is 0 Å². The minimum absolute atomic E-state index is 0.0772. The van der Waals surface area contributed by atoms with Crippen molar-refractivity contribution < 1.29 is 14.3 Å². The fourth-order valence-electron chi connectivity index (χ4n) is 3.85. The number of aromatic nitrogens is 2. The predicted octanol–water partition coefficient (Wildman–Crippen LogP) is 2.06. The Morgan fingerprint density at radius 3 is 2.75 bits per heavy atom. The van der Waals surface area contributed by atoms with Crippen LogP contribution in [0.2, 0.25) is 0 Å².